The van der Waals surface area contributed by atoms with Crippen molar-refractivity contribution in [1.29, 1.82) is 0 Å². The molecule has 0 fully saturated rings. The van der Waals surface area contributed by atoms with Gasteiger partial charge in [-0.1, -0.05) is 23.7 Å². The number of hydrogen-bond donors (Lipinski definition) is 1. The van der Waals surface area contributed by atoms with E-state index in [0.717, 1.165) is 21.8 Å². The number of aryl methyl sites for hydroxylation is 2. The largest absolute Gasteiger partial charge is 0.478 e. The highest BCUT2D eigenvalue weighted by atomic mass is 35.5. The molecule has 0 saturated carbocycles. The first-order valence-electron chi connectivity index (χ1n) is 6.89. The molecule has 3 aromatic rings. The first kappa shape index (κ1) is 14.6. The Kier molecular flexibility index (Phi) is 3.62. The number of nitrogens with zero attached hydrogens (tertiary/aromatic N) is 2. The molecule has 5 heteroatoms. The molecule has 0 saturated heterocycles. The standard InChI is InChI=1S/C17H15ClN2O2/c1-10-7-11(3-4-14(10)18)8-12-9-15-16(20(12)2)13(17(21)22)5-6-19-15/h3-7,9H,8H2,1-2H3,(H,21,22). The molecule has 0 amide bonds. The van der Waals surface area contributed by atoms with Crippen LogP contribution in [0.4, 0.5) is 0 Å². The normalized spacial score (nSPS) is 11.0. The molecule has 4 nitrogen and oxygen atoms in total. The molecule has 1 aromatic carbocycles. The maximum Gasteiger partial charge on any atom is 0.337 e. The number of fused-ring (bicyclic) bond motifs is 1. The number of carboxylic acids is 1. The molecule has 0 atom stereocenters. The Labute approximate surface area is 133 Å². The van der Waals surface area contributed by atoms with Crippen molar-refractivity contribution in [3.63, 3.8) is 0 Å². The summed E-state index contributed by atoms with van der Waals surface area (Å²) in [7, 11) is 1.87. The zero-order valence-corrected chi connectivity index (χ0v) is 13.1. The van der Waals surface area contributed by atoms with Gasteiger partial charge in [-0.2, -0.15) is 0 Å². The lowest BCUT2D eigenvalue weighted by molar-refractivity contribution is 0.0698. The fourth-order valence-corrected chi connectivity index (χ4v) is 2.81. The van der Waals surface area contributed by atoms with Gasteiger partial charge in [0.25, 0.3) is 0 Å². The number of aromatic nitrogens is 2. The van der Waals surface area contributed by atoms with Crippen LogP contribution in [0.3, 0.4) is 0 Å². The van der Waals surface area contributed by atoms with Crippen LogP contribution in [0.1, 0.15) is 27.2 Å². The molecule has 0 aliphatic heterocycles. The minimum atomic E-state index is -0.942. The van der Waals surface area contributed by atoms with Crippen LogP contribution < -0.4 is 0 Å². The van der Waals surface area contributed by atoms with Gasteiger partial charge in [-0.3, -0.25) is 4.98 Å². The second kappa shape index (κ2) is 5.46. The molecule has 0 aliphatic rings. The Morgan fingerprint density at radius 2 is 2.09 bits per heavy atom. The monoisotopic (exact) mass is 314 g/mol. The first-order chi connectivity index (χ1) is 10.5. The second-order valence-electron chi connectivity index (χ2n) is 5.35. The summed E-state index contributed by atoms with van der Waals surface area (Å²) in [4.78, 5) is 15.6. The van der Waals surface area contributed by atoms with Gasteiger partial charge in [0.15, 0.2) is 0 Å². The molecule has 0 spiro atoms. The second-order valence-corrected chi connectivity index (χ2v) is 5.76. The number of rotatable bonds is 3. The first-order valence-corrected chi connectivity index (χ1v) is 7.27. The zero-order valence-electron chi connectivity index (χ0n) is 12.3. The van der Waals surface area contributed by atoms with Crippen molar-refractivity contribution in [3.05, 3.63) is 63.9 Å². The number of halogens is 1. The van der Waals surface area contributed by atoms with Gasteiger partial charge in [-0.25, -0.2) is 4.79 Å². The minimum Gasteiger partial charge on any atom is -0.478 e. The van der Waals surface area contributed by atoms with E-state index in [0.29, 0.717) is 17.5 Å². The summed E-state index contributed by atoms with van der Waals surface area (Å²) in [5.41, 5.74) is 4.79. The van der Waals surface area contributed by atoms with Gasteiger partial charge in [-0.05, 0) is 36.2 Å². The predicted octanol–water partition coefficient (Wildman–Crippen LogP) is 3.82. The molecular formula is C17H15ClN2O2. The molecule has 0 aliphatic carbocycles. The van der Waals surface area contributed by atoms with E-state index in [1.165, 1.54) is 12.3 Å². The molecule has 1 N–H and O–H groups in total. The predicted molar refractivity (Wildman–Crippen MR) is 86.7 cm³/mol. The molecule has 0 radical (unpaired) electrons. The Hall–Kier alpha value is -2.33. The number of hydrogen-bond acceptors (Lipinski definition) is 2. The third-order valence-electron chi connectivity index (χ3n) is 3.86. The van der Waals surface area contributed by atoms with E-state index in [1.54, 1.807) is 0 Å². The summed E-state index contributed by atoms with van der Waals surface area (Å²) >= 11 is 6.05. The lowest BCUT2D eigenvalue weighted by atomic mass is 10.1. The maximum absolute atomic E-state index is 11.4. The summed E-state index contributed by atoms with van der Waals surface area (Å²) in [6.45, 7) is 1.97. The summed E-state index contributed by atoms with van der Waals surface area (Å²) in [6, 6.07) is 9.38. The number of carbonyl (C=O) groups is 1. The number of aromatic carboxylic acids is 1. The molecule has 0 bridgehead atoms. The third-order valence-corrected chi connectivity index (χ3v) is 4.28. The van der Waals surface area contributed by atoms with Crippen molar-refractivity contribution < 1.29 is 9.90 Å². The van der Waals surface area contributed by atoms with Crippen LogP contribution in [0.15, 0.2) is 36.5 Å². The van der Waals surface area contributed by atoms with E-state index in [-0.39, 0.29) is 5.56 Å². The lowest BCUT2D eigenvalue weighted by Gasteiger charge is -2.07. The Morgan fingerprint density at radius 3 is 2.77 bits per heavy atom. The fraction of sp³-hybridized carbons (Fsp3) is 0.176. The number of pyridine rings is 1. The minimum absolute atomic E-state index is 0.269. The summed E-state index contributed by atoms with van der Waals surface area (Å²) < 4.78 is 1.90. The van der Waals surface area contributed by atoms with Gasteiger partial charge < -0.3 is 9.67 Å². The van der Waals surface area contributed by atoms with E-state index in [2.05, 4.69) is 4.98 Å². The molecule has 2 heterocycles. The molecule has 3 rings (SSSR count). The van der Waals surface area contributed by atoms with E-state index in [4.69, 9.17) is 11.6 Å². The van der Waals surface area contributed by atoms with E-state index < -0.39 is 5.97 Å². The van der Waals surface area contributed by atoms with Gasteiger partial charge in [0.1, 0.15) is 0 Å². The van der Waals surface area contributed by atoms with E-state index >= 15 is 0 Å². The summed E-state index contributed by atoms with van der Waals surface area (Å²) in [5, 5.41) is 10.1. The van der Waals surface area contributed by atoms with Gasteiger partial charge in [-0.15, -0.1) is 0 Å². The highest BCUT2D eigenvalue weighted by molar-refractivity contribution is 6.31. The zero-order chi connectivity index (χ0) is 15.9. The van der Waals surface area contributed by atoms with Crippen LogP contribution in [0, 0.1) is 6.92 Å². The van der Waals surface area contributed by atoms with Crippen LogP contribution in [-0.2, 0) is 13.5 Å². The third kappa shape index (κ3) is 2.46. The molecule has 22 heavy (non-hydrogen) atoms. The van der Waals surface area contributed by atoms with Crippen LogP contribution in [-0.4, -0.2) is 20.6 Å². The molecule has 112 valence electrons. The van der Waals surface area contributed by atoms with Crippen LogP contribution in [0.2, 0.25) is 5.02 Å². The van der Waals surface area contributed by atoms with E-state index in [1.807, 2.05) is 42.8 Å². The SMILES string of the molecule is Cc1cc(Cc2cc3nccc(C(=O)O)c3n2C)ccc1Cl. The Balaban J connectivity index is 2.08. The maximum atomic E-state index is 11.4. The fourth-order valence-electron chi connectivity index (χ4n) is 2.69. The van der Waals surface area contributed by atoms with Crippen LogP contribution in [0.5, 0.6) is 0 Å². The van der Waals surface area contributed by atoms with Gasteiger partial charge in [0.05, 0.1) is 16.6 Å². The Morgan fingerprint density at radius 1 is 1.32 bits per heavy atom. The summed E-state index contributed by atoms with van der Waals surface area (Å²) in [6.07, 6.45) is 2.23. The van der Waals surface area contributed by atoms with Crippen molar-refractivity contribution >= 4 is 28.6 Å². The van der Waals surface area contributed by atoms with Gasteiger partial charge >= 0.3 is 5.97 Å². The van der Waals surface area contributed by atoms with Crippen molar-refractivity contribution in [2.24, 2.45) is 7.05 Å². The highest BCUT2D eigenvalue weighted by Gasteiger charge is 2.15. The van der Waals surface area contributed by atoms with Crippen molar-refractivity contribution in [2.75, 3.05) is 0 Å². The van der Waals surface area contributed by atoms with Crippen molar-refractivity contribution in [1.82, 2.24) is 9.55 Å². The quantitative estimate of drug-likeness (QED) is 0.799. The molecular weight excluding hydrogens is 300 g/mol. The van der Waals surface area contributed by atoms with Gasteiger partial charge in [0, 0.05) is 30.4 Å². The number of benzene rings is 1. The molecule has 2 aromatic heterocycles. The van der Waals surface area contributed by atoms with Crippen molar-refractivity contribution in [2.45, 2.75) is 13.3 Å². The average molecular weight is 315 g/mol. The van der Waals surface area contributed by atoms with Crippen molar-refractivity contribution in [3.8, 4) is 0 Å². The van der Waals surface area contributed by atoms with Crippen LogP contribution in [0.25, 0.3) is 11.0 Å². The highest BCUT2D eigenvalue weighted by Crippen LogP contribution is 2.24. The molecule has 0 unspecified atom stereocenters. The number of carboxylic acid groups (broad SMARTS) is 1. The smallest absolute Gasteiger partial charge is 0.337 e. The lowest BCUT2D eigenvalue weighted by Crippen LogP contribution is -2.03. The topological polar surface area (TPSA) is 55.1 Å². The average Bonchev–Trinajstić information content (AvgIpc) is 2.79. The Bertz CT molecular complexity index is 884. The summed E-state index contributed by atoms with van der Waals surface area (Å²) in [5.74, 6) is -0.942. The van der Waals surface area contributed by atoms with Gasteiger partial charge in [0.2, 0.25) is 0 Å². The van der Waals surface area contributed by atoms with Crippen LogP contribution >= 0.6 is 11.6 Å². The van der Waals surface area contributed by atoms with E-state index in [9.17, 15) is 9.90 Å².